The van der Waals surface area contributed by atoms with Gasteiger partial charge in [-0.25, -0.2) is 4.57 Å². The quantitative estimate of drug-likeness (QED) is 0.506. The fraction of sp³-hybridized carbons (Fsp3) is 0.538. The van der Waals surface area contributed by atoms with Gasteiger partial charge in [0, 0.05) is 18.6 Å². The molecular formula is C13H19NO2. The van der Waals surface area contributed by atoms with E-state index < -0.39 is 5.97 Å². The summed E-state index contributed by atoms with van der Waals surface area (Å²) < 4.78 is 2.01. The molecule has 0 atom stereocenters. The van der Waals surface area contributed by atoms with E-state index in [9.17, 15) is 9.90 Å². The van der Waals surface area contributed by atoms with Gasteiger partial charge in [-0.2, -0.15) is 0 Å². The fourth-order valence-corrected chi connectivity index (χ4v) is 1.75. The number of aromatic nitrogens is 1. The van der Waals surface area contributed by atoms with Crippen LogP contribution in [0.5, 0.6) is 0 Å². The van der Waals surface area contributed by atoms with E-state index in [0.29, 0.717) is 0 Å². The topological polar surface area (TPSA) is 44.0 Å². The summed E-state index contributed by atoms with van der Waals surface area (Å²) in [5.74, 6) is -1.02. The van der Waals surface area contributed by atoms with E-state index in [1.54, 1.807) is 0 Å². The minimum absolute atomic E-state index is 0.00534. The number of hydrogen-bond acceptors (Lipinski definition) is 2. The number of carbonyl (C=O) groups excluding carboxylic acids is 1. The Balaban J connectivity index is 2.53. The second-order valence-electron chi connectivity index (χ2n) is 3.99. The molecule has 3 heteroatoms. The number of carbonyl (C=O) groups is 1. The van der Waals surface area contributed by atoms with Gasteiger partial charge >= 0.3 is 0 Å². The van der Waals surface area contributed by atoms with Gasteiger partial charge in [-0.3, -0.25) is 0 Å². The zero-order chi connectivity index (χ0) is 11.8. The molecule has 1 heterocycles. The first kappa shape index (κ1) is 12.7. The van der Waals surface area contributed by atoms with Crippen LogP contribution in [0, 0.1) is 0 Å². The molecule has 0 saturated heterocycles. The summed E-state index contributed by atoms with van der Waals surface area (Å²) in [6.07, 6.45) is 6.68. The van der Waals surface area contributed by atoms with Gasteiger partial charge in [0.15, 0.2) is 11.9 Å². The number of nitrogens with zero attached hydrogens (tertiary/aromatic N) is 1. The monoisotopic (exact) mass is 221 g/mol. The highest BCUT2D eigenvalue weighted by atomic mass is 16.4. The molecule has 0 saturated carbocycles. The Kier molecular flexibility index (Phi) is 5.54. The maximum atomic E-state index is 10.6. The standard InChI is InChI=1S/C13H19NO2/c1-2-3-4-6-9-14-10-7-5-8-12(14)11-13(15)16/h5,7-8,10H,2-4,6,9,11H2,1H3. The normalized spacial score (nSPS) is 10.3. The van der Waals surface area contributed by atoms with Crippen LogP contribution in [0.25, 0.3) is 0 Å². The number of aliphatic carboxylic acids is 1. The van der Waals surface area contributed by atoms with E-state index >= 15 is 0 Å². The Bertz CT molecular complexity index is 336. The van der Waals surface area contributed by atoms with Crippen molar-refractivity contribution in [2.24, 2.45) is 0 Å². The molecule has 3 nitrogen and oxygen atoms in total. The van der Waals surface area contributed by atoms with E-state index in [2.05, 4.69) is 6.92 Å². The maximum absolute atomic E-state index is 10.6. The van der Waals surface area contributed by atoms with Crippen molar-refractivity contribution in [1.82, 2.24) is 0 Å². The summed E-state index contributed by atoms with van der Waals surface area (Å²) in [6.45, 7) is 3.07. The van der Waals surface area contributed by atoms with Crippen LogP contribution in [0.4, 0.5) is 0 Å². The maximum Gasteiger partial charge on any atom is 0.186 e. The summed E-state index contributed by atoms with van der Waals surface area (Å²) in [5.41, 5.74) is 0.819. The van der Waals surface area contributed by atoms with Gasteiger partial charge in [-0.15, -0.1) is 0 Å². The average Bonchev–Trinajstić information content (AvgIpc) is 2.26. The third-order valence-electron chi connectivity index (χ3n) is 2.61. The highest BCUT2D eigenvalue weighted by Crippen LogP contribution is 2.00. The number of unbranched alkanes of at least 4 members (excludes halogenated alkanes) is 3. The molecule has 0 aromatic carbocycles. The van der Waals surface area contributed by atoms with Gasteiger partial charge in [0.2, 0.25) is 0 Å². The van der Waals surface area contributed by atoms with Crippen LogP contribution < -0.4 is 9.67 Å². The van der Waals surface area contributed by atoms with Crippen molar-refractivity contribution in [3.05, 3.63) is 30.1 Å². The van der Waals surface area contributed by atoms with Crippen molar-refractivity contribution in [3.8, 4) is 0 Å². The third-order valence-corrected chi connectivity index (χ3v) is 2.61. The lowest BCUT2D eigenvalue weighted by Crippen LogP contribution is -2.40. The second kappa shape index (κ2) is 6.99. The molecule has 1 rings (SSSR count). The van der Waals surface area contributed by atoms with Crippen LogP contribution in [0.1, 0.15) is 38.3 Å². The molecule has 16 heavy (non-hydrogen) atoms. The minimum atomic E-state index is -1.02. The van der Waals surface area contributed by atoms with E-state index in [1.165, 1.54) is 19.3 Å². The van der Waals surface area contributed by atoms with Crippen LogP contribution in [0.3, 0.4) is 0 Å². The molecule has 0 N–H and O–H groups in total. The number of carboxylic acids is 1. The molecule has 0 radical (unpaired) electrons. The molecular weight excluding hydrogens is 202 g/mol. The van der Waals surface area contributed by atoms with Crippen LogP contribution in [0.2, 0.25) is 0 Å². The molecule has 0 bridgehead atoms. The van der Waals surface area contributed by atoms with Gasteiger partial charge in [0.05, 0.1) is 12.4 Å². The lowest BCUT2D eigenvalue weighted by molar-refractivity contribution is -0.704. The molecule has 0 amide bonds. The van der Waals surface area contributed by atoms with Gasteiger partial charge in [-0.1, -0.05) is 25.8 Å². The molecule has 0 aliphatic carbocycles. The zero-order valence-electron chi connectivity index (χ0n) is 9.82. The number of aryl methyl sites for hydroxylation is 1. The number of hydrogen-bond donors (Lipinski definition) is 0. The third kappa shape index (κ3) is 4.43. The van der Waals surface area contributed by atoms with Gasteiger partial charge in [-0.05, 0) is 6.42 Å². The lowest BCUT2D eigenvalue weighted by Gasteiger charge is -2.04. The Morgan fingerprint density at radius 2 is 2.12 bits per heavy atom. The smallest absolute Gasteiger partial charge is 0.186 e. The highest BCUT2D eigenvalue weighted by molar-refractivity contribution is 5.66. The van der Waals surface area contributed by atoms with Crippen molar-refractivity contribution in [2.45, 2.75) is 45.6 Å². The molecule has 1 aromatic rings. The predicted molar refractivity (Wildman–Crippen MR) is 59.5 cm³/mol. The second-order valence-corrected chi connectivity index (χ2v) is 3.99. The minimum Gasteiger partial charge on any atom is -0.550 e. The number of pyridine rings is 1. The van der Waals surface area contributed by atoms with Crippen molar-refractivity contribution < 1.29 is 14.5 Å². The largest absolute Gasteiger partial charge is 0.550 e. The molecule has 0 spiro atoms. The van der Waals surface area contributed by atoms with Crippen LogP contribution in [0.15, 0.2) is 24.4 Å². The summed E-state index contributed by atoms with van der Waals surface area (Å²) >= 11 is 0. The van der Waals surface area contributed by atoms with Gasteiger partial charge in [0.25, 0.3) is 0 Å². The summed E-state index contributed by atoms with van der Waals surface area (Å²) in [7, 11) is 0. The van der Waals surface area contributed by atoms with Crippen LogP contribution >= 0.6 is 0 Å². The summed E-state index contributed by atoms with van der Waals surface area (Å²) in [5, 5.41) is 10.6. The SMILES string of the molecule is CCCCCC[n+]1ccccc1CC(=O)[O-]. The van der Waals surface area contributed by atoms with E-state index in [1.807, 2.05) is 29.0 Å². The molecule has 0 unspecified atom stereocenters. The number of carboxylic acid groups (broad SMARTS) is 1. The van der Waals surface area contributed by atoms with Crippen molar-refractivity contribution >= 4 is 5.97 Å². The fourth-order valence-electron chi connectivity index (χ4n) is 1.75. The van der Waals surface area contributed by atoms with E-state index in [-0.39, 0.29) is 6.42 Å². The molecule has 0 aliphatic heterocycles. The van der Waals surface area contributed by atoms with Crippen molar-refractivity contribution in [1.29, 1.82) is 0 Å². The van der Waals surface area contributed by atoms with Crippen molar-refractivity contribution in [2.75, 3.05) is 0 Å². The lowest BCUT2D eigenvalue weighted by atomic mass is 10.2. The molecule has 0 aliphatic rings. The first-order chi connectivity index (χ1) is 7.74. The Morgan fingerprint density at radius 1 is 1.31 bits per heavy atom. The van der Waals surface area contributed by atoms with Crippen molar-refractivity contribution in [3.63, 3.8) is 0 Å². The first-order valence-electron chi connectivity index (χ1n) is 5.91. The van der Waals surface area contributed by atoms with Gasteiger partial charge in [0.1, 0.15) is 6.54 Å². The Morgan fingerprint density at radius 3 is 2.81 bits per heavy atom. The van der Waals surface area contributed by atoms with Gasteiger partial charge < -0.3 is 9.90 Å². The first-order valence-corrected chi connectivity index (χ1v) is 5.91. The zero-order valence-corrected chi connectivity index (χ0v) is 9.82. The average molecular weight is 221 g/mol. The summed E-state index contributed by atoms with van der Waals surface area (Å²) in [4.78, 5) is 10.6. The van der Waals surface area contributed by atoms with E-state index in [4.69, 9.17) is 0 Å². The summed E-state index contributed by atoms with van der Waals surface area (Å²) in [6, 6.07) is 5.63. The predicted octanol–water partition coefficient (Wildman–Crippen LogP) is 0.847. The molecule has 88 valence electrons. The van der Waals surface area contributed by atoms with Crippen LogP contribution in [-0.4, -0.2) is 5.97 Å². The molecule has 0 fully saturated rings. The van der Waals surface area contributed by atoms with Crippen LogP contribution in [-0.2, 0) is 17.8 Å². The molecule has 1 aromatic heterocycles. The Hall–Kier alpha value is -1.38. The Labute approximate surface area is 96.7 Å². The van der Waals surface area contributed by atoms with E-state index in [0.717, 1.165) is 18.7 Å². The number of rotatable bonds is 7. The highest BCUT2D eigenvalue weighted by Gasteiger charge is 2.08.